The summed E-state index contributed by atoms with van der Waals surface area (Å²) in [5.41, 5.74) is 3.27. The molecule has 3 nitrogen and oxygen atoms in total. The van der Waals surface area contributed by atoms with Gasteiger partial charge in [-0.15, -0.1) is 0 Å². The Hall–Kier alpha value is -2.23. The van der Waals surface area contributed by atoms with Crippen LogP contribution >= 0.6 is 0 Å². The highest BCUT2D eigenvalue weighted by molar-refractivity contribution is 5.90. The molecule has 0 radical (unpaired) electrons. The van der Waals surface area contributed by atoms with Gasteiger partial charge in [-0.3, -0.25) is 4.98 Å². The van der Waals surface area contributed by atoms with Gasteiger partial charge < -0.3 is 4.98 Å². The zero-order valence-corrected chi connectivity index (χ0v) is 8.31. The molecule has 2 heterocycles. The lowest BCUT2D eigenvalue weighted by molar-refractivity contribution is 0.628. The normalized spacial score (nSPS) is 10.8. The molecule has 0 amide bonds. The summed E-state index contributed by atoms with van der Waals surface area (Å²) in [4.78, 5) is 11.3. The smallest absolute Gasteiger partial charge is 0.123 e. The summed E-state index contributed by atoms with van der Waals surface area (Å²) < 4.78 is 13.1. The van der Waals surface area contributed by atoms with Gasteiger partial charge in [0.1, 0.15) is 5.82 Å². The van der Waals surface area contributed by atoms with Gasteiger partial charge in [0.25, 0.3) is 0 Å². The number of hydrogen-bond donors (Lipinski definition) is 1. The van der Waals surface area contributed by atoms with E-state index in [1.54, 1.807) is 24.8 Å². The first-order valence-electron chi connectivity index (χ1n) is 4.87. The molecule has 0 saturated heterocycles. The number of rotatable bonds is 1. The number of aromatic amines is 1. The van der Waals surface area contributed by atoms with E-state index in [4.69, 9.17) is 0 Å². The Morgan fingerprint density at radius 3 is 3.00 bits per heavy atom. The van der Waals surface area contributed by atoms with E-state index in [2.05, 4.69) is 15.0 Å². The van der Waals surface area contributed by atoms with E-state index in [0.29, 0.717) is 0 Å². The Labute approximate surface area is 91.0 Å². The van der Waals surface area contributed by atoms with E-state index in [-0.39, 0.29) is 5.82 Å². The van der Waals surface area contributed by atoms with E-state index in [0.717, 1.165) is 22.2 Å². The minimum absolute atomic E-state index is 0.259. The van der Waals surface area contributed by atoms with Crippen LogP contribution in [-0.2, 0) is 0 Å². The maximum absolute atomic E-state index is 13.1. The average Bonchev–Trinajstić information content (AvgIpc) is 2.76. The summed E-state index contributed by atoms with van der Waals surface area (Å²) in [6.07, 6.45) is 5.00. The third-order valence-corrected chi connectivity index (χ3v) is 2.47. The lowest BCUT2D eigenvalue weighted by Gasteiger charge is -2.01. The molecular formula is C12H8FN3. The molecular weight excluding hydrogens is 205 g/mol. The minimum Gasteiger partial charge on any atom is -0.343 e. The molecule has 3 aromatic rings. The standard InChI is InChI=1S/C12H8FN3/c13-9-3-1-2-8(4-9)10-5-14-6-11-12(10)16-7-15-11/h1-7H,(H,15,16). The molecule has 4 heteroatoms. The molecule has 0 aliphatic rings. The van der Waals surface area contributed by atoms with Crippen molar-refractivity contribution in [3.63, 3.8) is 0 Å². The van der Waals surface area contributed by atoms with Crippen LogP contribution in [0.3, 0.4) is 0 Å². The largest absolute Gasteiger partial charge is 0.343 e. The van der Waals surface area contributed by atoms with Crippen molar-refractivity contribution in [3.05, 3.63) is 48.8 Å². The summed E-state index contributed by atoms with van der Waals surface area (Å²) in [6.45, 7) is 0. The van der Waals surface area contributed by atoms with Gasteiger partial charge in [-0.2, -0.15) is 0 Å². The molecule has 1 N–H and O–H groups in total. The van der Waals surface area contributed by atoms with Crippen molar-refractivity contribution in [2.24, 2.45) is 0 Å². The summed E-state index contributed by atoms with van der Waals surface area (Å²) in [6, 6.07) is 6.41. The second kappa shape index (κ2) is 3.41. The third kappa shape index (κ3) is 1.35. The summed E-state index contributed by atoms with van der Waals surface area (Å²) in [7, 11) is 0. The van der Waals surface area contributed by atoms with Crippen LogP contribution in [0.25, 0.3) is 22.2 Å². The summed E-state index contributed by atoms with van der Waals surface area (Å²) in [5.74, 6) is -0.259. The van der Waals surface area contributed by atoms with Crippen LogP contribution < -0.4 is 0 Å². The highest BCUT2D eigenvalue weighted by Gasteiger charge is 2.06. The maximum Gasteiger partial charge on any atom is 0.123 e. The van der Waals surface area contributed by atoms with Crippen LogP contribution in [0, 0.1) is 5.82 Å². The highest BCUT2D eigenvalue weighted by Crippen LogP contribution is 2.25. The van der Waals surface area contributed by atoms with Crippen molar-refractivity contribution in [1.82, 2.24) is 15.0 Å². The second-order valence-corrected chi connectivity index (χ2v) is 3.50. The summed E-state index contributed by atoms with van der Waals surface area (Å²) in [5, 5.41) is 0. The molecule has 3 rings (SSSR count). The van der Waals surface area contributed by atoms with Crippen LogP contribution in [0.4, 0.5) is 4.39 Å². The Balaban J connectivity index is 2.29. The van der Waals surface area contributed by atoms with Crippen molar-refractivity contribution in [2.75, 3.05) is 0 Å². The molecule has 0 aliphatic carbocycles. The maximum atomic E-state index is 13.1. The number of nitrogens with zero attached hydrogens (tertiary/aromatic N) is 2. The van der Waals surface area contributed by atoms with Gasteiger partial charge in [0.2, 0.25) is 0 Å². The first-order valence-corrected chi connectivity index (χ1v) is 4.87. The van der Waals surface area contributed by atoms with Gasteiger partial charge in [0.15, 0.2) is 0 Å². The van der Waals surface area contributed by atoms with Gasteiger partial charge in [-0.05, 0) is 17.7 Å². The van der Waals surface area contributed by atoms with Crippen LogP contribution in [0.2, 0.25) is 0 Å². The summed E-state index contributed by atoms with van der Waals surface area (Å²) >= 11 is 0. The van der Waals surface area contributed by atoms with Gasteiger partial charge in [0, 0.05) is 11.8 Å². The number of benzene rings is 1. The molecule has 0 bridgehead atoms. The Morgan fingerprint density at radius 1 is 1.19 bits per heavy atom. The van der Waals surface area contributed by atoms with E-state index >= 15 is 0 Å². The number of halogens is 1. The number of pyridine rings is 1. The molecule has 0 spiro atoms. The van der Waals surface area contributed by atoms with Gasteiger partial charge in [-0.1, -0.05) is 12.1 Å². The van der Waals surface area contributed by atoms with E-state index < -0.39 is 0 Å². The van der Waals surface area contributed by atoms with Gasteiger partial charge in [0.05, 0.1) is 23.6 Å². The Kier molecular flexibility index (Phi) is 1.93. The van der Waals surface area contributed by atoms with E-state index in [1.807, 2.05) is 6.07 Å². The molecule has 0 aliphatic heterocycles. The second-order valence-electron chi connectivity index (χ2n) is 3.50. The number of hydrogen-bond acceptors (Lipinski definition) is 2. The molecule has 16 heavy (non-hydrogen) atoms. The predicted octanol–water partition coefficient (Wildman–Crippen LogP) is 2.76. The fourth-order valence-corrected chi connectivity index (χ4v) is 1.73. The zero-order chi connectivity index (χ0) is 11.0. The van der Waals surface area contributed by atoms with Crippen LogP contribution in [0.15, 0.2) is 43.0 Å². The Morgan fingerprint density at radius 2 is 2.12 bits per heavy atom. The molecule has 0 unspecified atom stereocenters. The SMILES string of the molecule is Fc1cccc(-c2cncc3[nH]cnc23)c1. The van der Waals surface area contributed by atoms with E-state index in [9.17, 15) is 4.39 Å². The third-order valence-electron chi connectivity index (χ3n) is 2.47. The Bertz CT molecular complexity index is 645. The molecule has 0 saturated carbocycles. The van der Waals surface area contributed by atoms with Crippen molar-refractivity contribution >= 4 is 11.0 Å². The molecule has 2 aromatic heterocycles. The van der Waals surface area contributed by atoms with Crippen molar-refractivity contribution in [1.29, 1.82) is 0 Å². The first kappa shape index (κ1) is 9.03. The fraction of sp³-hybridized carbons (Fsp3) is 0. The van der Waals surface area contributed by atoms with Gasteiger partial charge >= 0.3 is 0 Å². The minimum atomic E-state index is -0.259. The number of fused-ring (bicyclic) bond motifs is 1. The molecule has 1 aromatic carbocycles. The van der Waals surface area contributed by atoms with Crippen LogP contribution in [0.1, 0.15) is 0 Å². The molecule has 0 fully saturated rings. The van der Waals surface area contributed by atoms with E-state index in [1.165, 1.54) is 12.1 Å². The number of imidazole rings is 1. The number of H-pyrrole nitrogens is 1. The molecule has 78 valence electrons. The predicted molar refractivity (Wildman–Crippen MR) is 59.3 cm³/mol. The number of nitrogens with one attached hydrogen (secondary N) is 1. The van der Waals surface area contributed by atoms with Crippen molar-refractivity contribution < 1.29 is 4.39 Å². The quantitative estimate of drug-likeness (QED) is 0.675. The monoisotopic (exact) mass is 213 g/mol. The van der Waals surface area contributed by atoms with Crippen molar-refractivity contribution in [2.45, 2.75) is 0 Å². The van der Waals surface area contributed by atoms with Crippen LogP contribution in [-0.4, -0.2) is 15.0 Å². The highest BCUT2D eigenvalue weighted by atomic mass is 19.1. The first-order chi connectivity index (χ1) is 7.84. The van der Waals surface area contributed by atoms with Gasteiger partial charge in [-0.25, -0.2) is 9.37 Å². The molecule has 0 atom stereocenters. The lowest BCUT2D eigenvalue weighted by atomic mass is 10.1. The number of aromatic nitrogens is 3. The lowest BCUT2D eigenvalue weighted by Crippen LogP contribution is -1.84. The van der Waals surface area contributed by atoms with Crippen LogP contribution in [0.5, 0.6) is 0 Å². The topological polar surface area (TPSA) is 41.6 Å². The van der Waals surface area contributed by atoms with Crippen molar-refractivity contribution in [3.8, 4) is 11.1 Å². The fourth-order valence-electron chi connectivity index (χ4n) is 1.73. The average molecular weight is 213 g/mol. The zero-order valence-electron chi connectivity index (χ0n) is 8.31.